The fourth-order valence-corrected chi connectivity index (χ4v) is 2.74. The molecule has 0 spiro atoms. The number of hydrogen-bond acceptors (Lipinski definition) is 4. The lowest BCUT2D eigenvalue weighted by atomic mass is 10.1. The molecule has 3 aromatic rings. The summed E-state index contributed by atoms with van der Waals surface area (Å²) in [5.74, 6) is 0.430. The number of imidazole rings is 1. The molecule has 0 aliphatic carbocycles. The maximum absolute atomic E-state index is 11.5. The quantitative estimate of drug-likeness (QED) is 0.644. The summed E-state index contributed by atoms with van der Waals surface area (Å²) in [7, 11) is 0. The number of nitrogens with zero attached hydrogens (tertiary/aromatic N) is 2. The van der Waals surface area contributed by atoms with Gasteiger partial charge in [-0.05, 0) is 49.2 Å². The van der Waals surface area contributed by atoms with Gasteiger partial charge < -0.3 is 14.0 Å². The highest BCUT2D eigenvalue weighted by Crippen LogP contribution is 2.19. The fourth-order valence-electron chi connectivity index (χ4n) is 2.74. The van der Waals surface area contributed by atoms with Crippen molar-refractivity contribution in [3.63, 3.8) is 0 Å². The Balaban J connectivity index is 1.78. The predicted molar refractivity (Wildman–Crippen MR) is 96.7 cm³/mol. The van der Waals surface area contributed by atoms with Crippen molar-refractivity contribution in [2.45, 2.75) is 33.4 Å². The molecule has 130 valence electrons. The van der Waals surface area contributed by atoms with Gasteiger partial charge in [-0.25, -0.2) is 4.98 Å². The van der Waals surface area contributed by atoms with E-state index >= 15 is 0 Å². The third-order valence-corrected chi connectivity index (χ3v) is 4.15. The van der Waals surface area contributed by atoms with Crippen molar-refractivity contribution in [3.05, 3.63) is 59.9 Å². The van der Waals surface area contributed by atoms with Crippen LogP contribution in [0.3, 0.4) is 0 Å². The SMILES string of the molecule is CC(=O)O[C@H](COc1ccccc1)Cn1cnc2cc(C)c(C)cc21. The van der Waals surface area contributed by atoms with Crippen LogP contribution in [0.1, 0.15) is 18.1 Å². The molecule has 0 saturated heterocycles. The highest BCUT2D eigenvalue weighted by molar-refractivity contribution is 5.77. The second-order valence-corrected chi connectivity index (χ2v) is 6.18. The average molecular weight is 338 g/mol. The number of benzene rings is 2. The Morgan fingerprint density at radius 1 is 1.16 bits per heavy atom. The molecule has 0 aliphatic heterocycles. The topological polar surface area (TPSA) is 53.4 Å². The van der Waals surface area contributed by atoms with Crippen LogP contribution in [-0.4, -0.2) is 28.2 Å². The monoisotopic (exact) mass is 338 g/mol. The number of rotatable bonds is 6. The molecule has 0 bridgehead atoms. The summed E-state index contributed by atoms with van der Waals surface area (Å²) in [6, 6.07) is 13.7. The van der Waals surface area contributed by atoms with Gasteiger partial charge in [0.25, 0.3) is 0 Å². The van der Waals surface area contributed by atoms with Crippen LogP contribution in [0.25, 0.3) is 11.0 Å². The van der Waals surface area contributed by atoms with Crippen molar-refractivity contribution in [3.8, 4) is 5.75 Å². The molecule has 1 heterocycles. The summed E-state index contributed by atoms with van der Waals surface area (Å²) in [5, 5.41) is 0. The molecule has 5 nitrogen and oxygen atoms in total. The number of carbonyl (C=O) groups excluding carboxylic acids is 1. The van der Waals surface area contributed by atoms with Crippen LogP contribution >= 0.6 is 0 Å². The lowest BCUT2D eigenvalue weighted by Crippen LogP contribution is -2.28. The van der Waals surface area contributed by atoms with Gasteiger partial charge in [0.2, 0.25) is 0 Å². The first-order valence-corrected chi connectivity index (χ1v) is 8.30. The number of para-hydroxylation sites is 1. The highest BCUT2D eigenvalue weighted by atomic mass is 16.6. The molecule has 5 heteroatoms. The molecular weight excluding hydrogens is 316 g/mol. The number of aromatic nitrogens is 2. The van der Waals surface area contributed by atoms with Gasteiger partial charge in [-0.2, -0.15) is 0 Å². The smallest absolute Gasteiger partial charge is 0.303 e. The van der Waals surface area contributed by atoms with E-state index in [2.05, 4.69) is 31.0 Å². The first-order valence-electron chi connectivity index (χ1n) is 8.30. The second-order valence-electron chi connectivity index (χ2n) is 6.18. The molecule has 3 rings (SSSR count). The normalized spacial score (nSPS) is 12.1. The molecule has 0 N–H and O–H groups in total. The number of hydrogen-bond donors (Lipinski definition) is 0. The molecule has 0 radical (unpaired) electrons. The van der Waals surface area contributed by atoms with Gasteiger partial charge in [0, 0.05) is 6.92 Å². The summed E-state index contributed by atoms with van der Waals surface area (Å²) < 4.78 is 13.2. The van der Waals surface area contributed by atoms with Gasteiger partial charge >= 0.3 is 5.97 Å². The standard InChI is InChI=1S/C20H22N2O3/c1-14-9-19-20(10-15(14)2)22(13-21-19)11-18(25-16(3)23)12-24-17-7-5-4-6-8-17/h4-10,13,18H,11-12H2,1-3H3/t18-/m0/s1. The highest BCUT2D eigenvalue weighted by Gasteiger charge is 2.16. The summed E-state index contributed by atoms with van der Waals surface area (Å²) in [6.45, 7) is 6.34. The van der Waals surface area contributed by atoms with E-state index in [1.807, 2.05) is 34.9 Å². The van der Waals surface area contributed by atoms with Crippen LogP contribution < -0.4 is 4.74 Å². The van der Waals surface area contributed by atoms with Gasteiger partial charge in [-0.1, -0.05) is 18.2 Å². The Morgan fingerprint density at radius 3 is 2.60 bits per heavy atom. The predicted octanol–water partition coefficient (Wildman–Crippen LogP) is 3.66. The number of carbonyl (C=O) groups is 1. The molecule has 25 heavy (non-hydrogen) atoms. The van der Waals surface area contributed by atoms with E-state index in [1.54, 1.807) is 6.33 Å². The minimum absolute atomic E-state index is 0.286. The molecule has 1 aromatic heterocycles. The lowest BCUT2D eigenvalue weighted by molar-refractivity contribution is -0.148. The minimum atomic E-state index is -0.392. The van der Waals surface area contributed by atoms with Gasteiger partial charge in [0.15, 0.2) is 6.10 Å². The Hall–Kier alpha value is -2.82. The van der Waals surface area contributed by atoms with Gasteiger partial charge in [0.1, 0.15) is 12.4 Å². The van der Waals surface area contributed by atoms with Gasteiger partial charge in [-0.3, -0.25) is 4.79 Å². The molecule has 1 atom stereocenters. The molecule has 0 aliphatic rings. The largest absolute Gasteiger partial charge is 0.490 e. The van der Waals surface area contributed by atoms with Crippen LogP contribution in [0, 0.1) is 13.8 Å². The summed E-state index contributed by atoms with van der Waals surface area (Å²) in [4.78, 5) is 15.9. The molecule has 0 amide bonds. The van der Waals surface area contributed by atoms with E-state index in [0.717, 1.165) is 16.8 Å². The van der Waals surface area contributed by atoms with Crippen molar-refractivity contribution in [1.82, 2.24) is 9.55 Å². The van der Waals surface area contributed by atoms with Crippen molar-refractivity contribution in [1.29, 1.82) is 0 Å². The van der Waals surface area contributed by atoms with E-state index in [4.69, 9.17) is 9.47 Å². The molecule has 0 saturated carbocycles. The number of esters is 1. The van der Waals surface area contributed by atoms with E-state index in [9.17, 15) is 4.79 Å². The van der Waals surface area contributed by atoms with Crippen LogP contribution in [0.2, 0.25) is 0 Å². The van der Waals surface area contributed by atoms with Crippen LogP contribution in [0.15, 0.2) is 48.8 Å². The van der Waals surface area contributed by atoms with Crippen LogP contribution in [0.4, 0.5) is 0 Å². The summed E-state index contributed by atoms with van der Waals surface area (Å²) in [6.07, 6.45) is 1.39. The number of aryl methyl sites for hydroxylation is 2. The molecule has 0 unspecified atom stereocenters. The van der Waals surface area contributed by atoms with E-state index in [0.29, 0.717) is 6.54 Å². The van der Waals surface area contributed by atoms with Crippen molar-refractivity contribution < 1.29 is 14.3 Å². The third-order valence-electron chi connectivity index (χ3n) is 4.15. The van der Waals surface area contributed by atoms with Crippen molar-refractivity contribution in [2.75, 3.05) is 6.61 Å². The maximum Gasteiger partial charge on any atom is 0.303 e. The van der Waals surface area contributed by atoms with E-state index < -0.39 is 6.10 Å². The average Bonchev–Trinajstić information content (AvgIpc) is 2.95. The number of fused-ring (bicyclic) bond motifs is 1. The van der Waals surface area contributed by atoms with Crippen molar-refractivity contribution >= 4 is 17.0 Å². The van der Waals surface area contributed by atoms with Gasteiger partial charge in [-0.15, -0.1) is 0 Å². The Bertz CT molecular complexity index is 871. The minimum Gasteiger partial charge on any atom is -0.490 e. The van der Waals surface area contributed by atoms with Crippen LogP contribution in [-0.2, 0) is 16.1 Å². The fraction of sp³-hybridized carbons (Fsp3) is 0.300. The first-order chi connectivity index (χ1) is 12.0. The van der Waals surface area contributed by atoms with Crippen LogP contribution in [0.5, 0.6) is 5.75 Å². The Labute approximate surface area is 147 Å². The molecular formula is C20H22N2O3. The number of ether oxygens (including phenoxy) is 2. The first kappa shape index (κ1) is 17.0. The Kier molecular flexibility index (Phi) is 5.03. The zero-order chi connectivity index (χ0) is 17.8. The summed E-state index contributed by atoms with van der Waals surface area (Å²) >= 11 is 0. The summed E-state index contributed by atoms with van der Waals surface area (Å²) in [5.41, 5.74) is 4.38. The van der Waals surface area contributed by atoms with E-state index in [-0.39, 0.29) is 12.6 Å². The van der Waals surface area contributed by atoms with Gasteiger partial charge in [0.05, 0.1) is 23.9 Å². The maximum atomic E-state index is 11.5. The van der Waals surface area contributed by atoms with Crippen molar-refractivity contribution in [2.24, 2.45) is 0 Å². The second kappa shape index (κ2) is 7.38. The molecule has 0 fully saturated rings. The zero-order valence-corrected chi connectivity index (χ0v) is 14.7. The third kappa shape index (κ3) is 4.18. The van der Waals surface area contributed by atoms with E-state index in [1.165, 1.54) is 18.1 Å². The lowest BCUT2D eigenvalue weighted by Gasteiger charge is -2.19. The molecule has 2 aromatic carbocycles. The zero-order valence-electron chi connectivity index (χ0n) is 14.7. The Morgan fingerprint density at radius 2 is 1.88 bits per heavy atom.